The molecule has 4 aliphatic rings. The summed E-state index contributed by atoms with van der Waals surface area (Å²) in [6.45, 7) is 4.47. The predicted octanol–water partition coefficient (Wildman–Crippen LogP) is 9.86. The second-order valence-electron chi connectivity index (χ2n) is 11.4. The number of rotatable bonds is 2. The van der Waals surface area contributed by atoms with E-state index in [0.717, 1.165) is 12.8 Å². The van der Waals surface area contributed by atoms with Crippen LogP contribution < -0.4 is 4.90 Å². The molecule has 3 aliphatic carbocycles. The van der Waals surface area contributed by atoms with Crippen LogP contribution in [-0.2, 0) is 5.41 Å². The molecule has 0 aromatic heterocycles. The zero-order valence-corrected chi connectivity index (χ0v) is 23.0. The molecule has 1 heteroatoms. The number of anilines is 1. The van der Waals surface area contributed by atoms with Crippen LogP contribution in [0, 0.1) is 0 Å². The second-order valence-corrected chi connectivity index (χ2v) is 11.4. The lowest BCUT2D eigenvalue weighted by Gasteiger charge is -2.32. The molecule has 1 aliphatic heterocycles. The van der Waals surface area contributed by atoms with Crippen molar-refractivity contribution >= 4 is 5.69 Å². The average molecular weight is 514 g/mol. The highest BCUT2D eigenvalue weighted by Gasteiger charge is 2.52. The van der Waals surface area contributed by atoms with Crippen molar-refractivity contribution in [2.75, 3.05) is 4.90 Å². The van der Waals surface area contributed by atoms with E-state index in [-0.39, 0.29) is 5.41 Å². The summed E-state index contributed by atoms with van der Waals surface area (Å²) < 4.78 is 0. The summed E-state index contributed by atoms with van der Waals surface area (Å²) in [5.74, 6) is 0. The highest BCUT2D eigenvalue weighted by Crippen LogP contribution is 2.64. The van der Waals surface area contributed by atoms with Crippen LogP contribution in [0.5, 0.6) is 0 Å². The van der Waals surface area contributed by atoms with Gasteiger partial charge in [-0.2, -0.15) is 0 Å². The van der Waals surface area contributed by atoms with Gasteiger partial charge in [-0.1, -0.05) is 121 Å². The highest BCUT2D eigenvalue weighted by atomic mass is 15.1. The Morgan fingerprint density at radius 2 is 1.25 bits per heavy atom. The Kier molecular flexibility index (Phi) is 5.06. The zero-order valence-electron chi connectivity index (χ0n) is 23.0. The molecule has 0 radical (unpaired) electrons. The largest absolute Gasteiger partial charge is 0.317 e. The minimum Gasteiger partial charge on any atom is -0.317 e. The highest BCUT2D eigenvalue weighted by molar-refractivity contribution is 5.99. The normalized spacial score (nSPS) is 17.7. The molecule has 4 aromatic rings. The molecule has 4 aromatic carbocycles. The molecule has 0 saturated carbocycles. The van der Waals surface area contributed by atoms with Crippen LogP contribution in [0.15, 0.2) is 150 Å². The molecule has 0 atom stereocenters. The lowest BCUT2D eigenvalue weighted by molar-refractivity contribution is 0.793. The van der Waals surface area contributed by atoms with Gasteiger partial charge in [-0.25, -0.2) is 0 Å². The molecule has 192 valence electrons. The monoisotopic (exact) mass is 513 g/mol. The van der Waals surface area contributed by atoms with Crippen LogP contribution in [-0.4, -0.2) is 0 Å². The minimum atomic E-state index is -0.324. The van der Waals surface area contributed by atoms with Crippen molar-refractivity contribution < 1.29 is 0 Å². The standard InChI is InChI=1S/C39H31N/c1-26-21-23-27(2)28(24-22-26)36-19-9-10-25-40(36)37-20-11-18-35-38(37)31-14-5-8-17-34(31)39(35)32-15-6-3-12-29(32)30-13-4-7-16-33(30)39/h3-8,10-20,22-25H,9,21H2,1-2H3. The molecule has 0 fully saturated rings. The molecular weight excluding hydrogens is 482 g/mol. The van der Waals surface area contributed by atoms with Gasteiger partial charge in [-0.15, -0.1) is 0 Å². The van der Waals surface area contributed by atoms with Crippen molar-refractivity contribution in [1.82, 2.24) is 0 Å². The lowest BCUT2D eigenvalue weighted by atomic mass is 9.70. The maximum Gasteiger partial charge on any atom is 0.0726 e. The molecule has 0 saturated heterocycles. The van der Waals surface area contributed by atoms with Crippen LogP contribution in [0.25, 0.3) is 22.3 Å². The van der Waals surface area contributed by atoms with E-state index in [2.05, 4.69) is 146 Å². The number of fused-ring (bicyclic) bond motifs is 10. The van der Waals surface area contributed by atoms with E-state index in [9.17, 15) is 0 Å². The summed E-state index contributed by atoms with van der Waals surface area (Å²) in [7, 11) is 0. The lowest BCUT2D eigenvalue weighted by Crippen LogP contribution is -2.26. The van der Waals surface area contributed by atoms with Crippen LogP contribution in [0.2, 0.25) is 0 Å². The summed E-state index contributed by atoms with van der Waals surface area (Å²) in [5.41, 5.74) is 17.1. The third kappa shape index (κ3) is 3.04. The number of benzene rings is 4. The molecule has 0 bridgehead atoms. The van der Waals surface area contributed by atoms with E-state index in [1.165, 1.54) is 72.6 Å². The van der Waals surface area contributed by atoms with Gasteiger partial charge in [0.1, 0.15) is 0 Å². The Hall–Kier alpha value is -4.62. The first-order valence-corrected chi connectivity index (χ1v) is 14.3. The van der Waals surface area contributed by atoms with Crippen LogP contribution in [0.3, 0.4) is 0 Å². The minimum absolute atomic E-state index is 0.324. The van der Waals surface area contributed by atoms with Crippen LogP contribution in [0.1, 0.15) is 48.9 Å². The molecule has 1 heterocycles. The van der Waals surface area contributed by atoms with E-state index in [0.29, 0.717) is 0 Å². The van der Waals surface area contributed by atoms with Crippen molar-refractivity contribution in [1.29, 1.82) is 0 Å². The third-order valence-corrected chi connectivity index (χ3v) is 9.19. The fourth-order valence-corrected chi connectivity index (χ4v) is 7.44. The molecule has 0 unspecified atom stereocenters. The van der Waals surface area contributed by atoms with Crippen molar-refractivity contribution in [2.24, 2.45) is 0 Å². The maximum absolute atomic E-state index is 2.43. The van der Waals surface area contributed by atoms with Gasteiger partial charge in [-0.05, 0) is 77.3 Å². The van der Waals surface area contributed by atoms with E-state index < -0.39 is 0 Å². The molecule has 8 rings (SSSR count). The predicted molar refractivity (Wildman–Crippen MR) is 167 cm³/mol. The van der Waals surface area contributed by atoms with E-state index in [4.69, 9.17) is 0 Å². The Morgan fingerprint density at radius 3 is 1.98 bits per heavy atom. The summed E-state index contributed by atoms with van der Waals surface area (Å²) in [4.78, 5) is 2.43. The second kappa shape index (κ2) is 8.69. The quantitative estimate of drug-likeness (QED) is 0.223. The van der Waals surface area contributed by atoms with Gasteiger partial charge in [0.05, 0.1) is 11.1 Å². The van der Waals surface area contributed by atoms with Crippen molar-refractivity contribution in [3.63, 3.8) is 0 Å². The number of hydrogen-bond acceptors (Lipinski definition) is 1. The maximum atomic E-state index is 2.43. The number of nitrogens with zero attached hydrogens (tertiary/aromatic N) is 1. The van der Waals surface area contributed by atoms with E-state index in [1.807, 2.05) is 0 Å². The van der Waals surface area contributed by atoms with Gasteiger partial charge in [0.15, 0.2) is 0 Å². The van der Waals surface area contributed by atoms with Crippen LogP contribution >= 0.6 is 0 Å². The number of allylic oxidation sites excluding steroid dienone is 7. The smallest absolute Gasteiger partial charge is 0.0726 e. The van der Waals surface area contributed by atoms with Crippen molar-refractivity contribution in [3.8, 4) is 22.3 Å². The number of hydrogen-bond donors (Lipinski definition) is 0. The molecule has 1 nitrogen and oxygen atoms in total. The topological polar surface area (TPSA) is 3.24 Å². The zero-order chi connectivity index (χ0) is 26.8. The fourth-order valence-electron chi connectivity index (χ4n) is 7.44. The van der Waals surface area contributed by atoms with Gasteiger partial charge in [-0.3, -0.25) is 0 Å². The van der Waals surface area contributed by atoms with Crippen molar-refractivity contribution in [3.05, 3.63) is 172 Å². The van der Waals surface area contributed by atoms with E-state index in [1.54, 1.807) is 0 Å². The SMILES string of the molecule is CC1=CC=C(C2=CCC=CN2c2cccc3c2-c2ccccc2C32c3ccccc3-c3ccccc32)C(C)=CC1. The first-order valence-electron chi connectivity index (χ1n) is 14.3. The third-order valence-electron chi connectivity index (χ3n) is 9.19. The van der Waals surface area contributed by atoms with Crippen molar-refractivity contribution in [2.45, 2.75) is 32.1 Å². The summed E-state index contributed by atoms with van der Waals surface area (Å²) in [5, 5.41) is 0. The summed E-state index contributed by atoms with van der Waals surface area (Å²) in [6, 6.07) is 34.1. The molecule has 0 amide bonds. The Balaban J connectivity index is 1.41. The first kappa shape index (κ1) is 23.3. The summed E-state index contributed by atoms with van der Waals surface area (Å²) in [6.07, 6.45) is 15.9. The first-order chi connectivity index (χ1) is 19.7. The molecule has 40 heavy (non-hydrogen) atoms. The van der Waals surface area contributed by atoms with Gasteiger partial charge in [0.2, 0.25) is 0 Å². The Morgan fingerprint density at radius 1 is 0.625 bits per heavy atom. The Labute approximate surface area is 236 Å². The summed E-state index contributed by atoms with van der Waals surface area (Å²) >= 11 is 0. The van der Waals surface area contributed by atoms with Gasteiger partial charge in [0, 0.05) is 23.0 Å². The van der Waals surface area contributed by atoms with E-state index >= 15 is 0 Å². The average Bonchev–Trinajstić information content (AvgIpc) is 3.41. The van der Waals surface area contributed by atoms with Gasteiger partial charge in [0.25, 0.3) is 0 Å². The van der Waals surface area contributed by atoms with Gasteiger partial charge >= 0.3 is 0 Å². The Bertz CT molecular complexity index is 1830. The van der Waals surface area contributed by atoms with Gasteiger partial charge < -0.3 is 4.90 Å². The van der Waals surface area contributed by atoms with Crippen LogP contribution in [0.4, 0.5) is 5.69 Å². The fraction of sp³-hybridized carbons (Fsp3) is 0.128. The molecule has 1 spiro atoms. The molecule has 0 N–H and O–H groups in total. The molecular formula is C39H31N.